The fourth-order valence-electron chi connectivity index (χ4n) is 1.97. The minimum Gasteiger partial charge on any atom is -0.273 e. The van der Waals surface area contributed by atoms with Gasteiger partial charge in [-0.2, -0.15) is 0 Å². The predicted octanol–water partition coefficient (Wildman–Crippen LogP) is 4.17. The van der Waals surface area contributed by atoms with Crippen LogP contribution in [0.5, 0.6) is 0 Å². The van der Waals surface area contributed by atoms with Gasteiger partial charge in [0.15, 0.2) is 4.34 Å². The third-order valence-corrected chi connectivity index (χ3v) is 4.74. The molecule has 0 aliphatic carbocycles. The number of para-hydroxylation sites is 1. The maximum atomic E-state index is 4.41. The van der Waals surface area contributed by atoms with Crippen LogP contribution in [0.1, 0.15) is 26.6 Å². The van der Waals surface area contributed by atoms with Crippen molar-refractivity contribution in [3.63, 3.8) is 0 Å². The molecule has 3 aromatic rings. The van der Waals surface area contributed by atoms with E-state index in [1.165, 1.54) is 0 Å². The Kier molecular flexibility index (Phi) is 3.82. The number of aromatic nitrogens is 4. The summed E-state index contributed by atoms with van der Waals surface area (Å²) in [5.41, 5.74) is 0.997. The monoisotopic (exact) mass is 316 g/mol. The van der Waals surface area contributed by atoms with Crippen molar-refractivity contribution in [3.8, 4) is 5.69 Å². The van der Waals surface area contributed by atoms with Gasteiger partial charge in [-0.1, -0.05) is 39.0 Å². The fraction of sp³-hybridized carbons (Fsp3) is 0.267. The van der Waals surface area contributed by atoms with Crippen LogP contribution in [-0.4, -0.2) is 19.7 Å². The van der Waals surface area contributed by atoms with Crippen LogP contribution < -0.4 is 0 Å². The number of hydrogen-bond donors (Lipinski definition) is 0. The Hall–Kier alpha value is -1.66. The predicted molar refractivity (Wildman–Crippen MR) is 86.3 cm³/mol. The molecule has 0 saturated heterocycles. The zero-order chi connectivity index (χ0) is 14.9. The number of thiazole rings is 1. The van der Waals surface area contributed by atoms with Crippen molar-refractivity contribution in [2.24, 2.45) is 0 Å². The largest absolute Gasteiger partial charge is 0.273 e. The number of benzene rings is 1. The van der Waals surface area contributed by atoms with E-state index in [0.29, 0.717) is 0 Å². The Balaban J connectivity index is 2.11. The molecule has 0 atom stereocenters. The molecule has 0 amide bonds. The topological polar surface area (TPSA) is 43.6 Å². The summed E-state index contributed by atoms with van der Waals surface area (Å²) < 4.78 is 3.09. The van der Waals surface area contributed by atoms with Gasteiger partial charge in [-0.05, 0) is 23.9 Å². The van der Waals surface area contributed by atoms with E-state index in [-0.39, 0.29) is 5.41 Å². The van der Waals surface area contributed by atoms with Crippen LogP contribution in [0, 0.1) is 0 Å². The molecule has 0 fully saturated rings. The summed E-state index contributed by atoms with van der Waals surface area (Å²) in [6.45, 7) is 6.44. The molecule has 21 heavy (non-hydrogen) atoms. The Morgan fingerprint density at radius 3 is 2.48 bits per heavy atom. The van der Waals surface area contributed by atoms with Crippen molar-refractivity contribution < 1.29 is 0 Å². The molecule has 4 nitrogen and oxygen atoms in total. The molecule has 3 rings (SSSR count). The first kappa shape index (κ1) is 14.3. The maximum Gasteiger partial charge on any atom is 0.202 e. The molecule has 0 N–H and O–H groups in total. The molecule has 1 aromatic carbocycles. The molecular formula is C15H16N4S2. The second-order valence-corrected chi connectivity index (χ2v) is 7.74. The lowest BCUT2D eigenvalue weighted by Gasteiger charge is -2.19. The van der Waals surface area contributed by atoms with E-state index in [1.807, 2.05) is 23.6 Å². The maximum absolute atomic E-state index is 4.41. The quantitative estimate of drug-likeness (QED) is 0.727. The standard InChI is InChI=1S/C15H16N4S2/c1-15(2,3)12-17-18-13(21-14-16-9-10-20-14)19(12)11-7-5-4-6-8-11/h4-10H,1-3H3. The lowest BCUT2D eigenvalue weighted by Crippen LogP contribution is -2.18. The third kappa shape index (κ3) is 3.01. The van der Waals surface area contributed by atoms with Crippen LogP contribution in [0.4, 0.5) is 0 Å². The van der Waals surface area contributed by atoms with Crippen LogP contribution in [0.25, 0.3) is 5.69 Å². The average Bonchev–Trinajstić information content (AvgIpc) is 3.09. The van der Waals surface area contributed by atoms with Gasteiger partial charge in [0.25, 0.3) is 0 Å². The number of nitrogens with zero attached hydrogens (tertiary/aromatic N) is 4. The highest BCUT2D eigenvalue weighted by Gasteiger charge is 2.25. The van der Waals surface area contributed by atoms with Crippen LogP contribution in [-0.2, 0) is 5.41 Å². The first-order valence-corrected chi connectivity index (χ1v) is 8.34. The van der Waals surface area contributed by atoms with Crippen molar-refractivity contribution in [2.45, 2.75) is 35.7 Å². The van der Waals surface area contributed by atoms with Crippen molar-refractivity contribution in [2.75, 3.05) is 0 Å². The summed E-state index contributed by atoms with van der Waals surface area (Å²) in [7, 11) is 0. The van der Waals surface area contributed by atoms with Gasteiger partial charge in [-0.15, -0.1) is 21.5 Å². The Bertz CT molecular complexity index is 712. The average molecular weight is 316 g/mol. The minimum absolute atomic E-state index is 0.0788. The van der Waals surface area contributed by atoms with E-state index in [1.54, 1.807) is 29.3 Å². The highest BCUT2D eigenvalue weighted by atomic mass is 32.2. The molecule has 6 heteroatoms. The highest BCUT2D eigenvalue weighted by Crippen LogP contribution is 2.33. The van der Waals surface area contributed by atoms with Gasteiger partial charge >= 0.3 is 0 Å². The zero-order valence-electron chi connectivity index (χ0n) is 12.1. The summed E-state index contributed by atoms with van der Waals surface area (Å²) in [6.07, 6.45) is 1.81. The number of rotatable bonds is 3. The van der Waals surface area contributed by atoms with Crippen LogP contribution in [0.2, 0.25) is 0 Å². The second-order valence-electron chi connectivity index (χ2n) is 5.63. The highest BCUT2D eigenvalue weighted by molar-refractivity contribution is 8.00. The third-order valence-electron chi connectivity index (χ3n) is 2.91. The molecule has 0 spiro atoms. The van der Waals surface area contributed by atoms with Crippen molar-refractivity contribution in [1.82, 2.24) is 19.7 Å². The molecule has 0 bridgehead atoms. The minimum atomic E-state index is -0.0788. The van der Waals surface area contributed by atoms with Crippen LogP contribution >= 0.6 is 23.1 Å². The van der Waals surface area contributed by atoms with E-state index < -0.39 is 0 Å². The summed E-state index contributed by atoms with van der Waals surface area (Å²) in [5, 5.41) is 11.6. The van der Waals surface area contributed by atoms with Crippen LogP contribution in [0.3, 0.4) is 0 Å². The Morgan fingerprint density at radius 2 is 1.86 bits per heavy atom. The lowest BCUT2D eigenvalue weighted by atomic mass is 9.95. The van der Waals surface area contributed by atoms with Gasteiger partial charge in [0.05, 0.1) is 0 Å². The normalized spacial score (nSPS) is 11.8. The first-order chi connectivity index (χ1) is 10.1. The summed E-state index contributed by atoms with van der Waals surface area (Å²) in [6, 6.07) is 10.2. The lowest BCUT2D eigenvalue weighted by molar-refractivity contribution is 0.529. The molecule has 0 aliphatic heterocycles. The van der Waals surface area contributed by atoms with Crippen LogP contribution in [0.15, 0.2) is 51.4 Å². The molecule has 0 aliphatic rings. The molecule has 0 saturated carbocycles. The second kappa shape index (κ2) is 5.61. The van der Waals surface area contributed by atoms with E-state index >= 15 is 0 Å². The zero-order valence-corrected chi connectivity index (χ0v) is 13.8. The summed E-state index contributed by atoms with van der Waals surface area (Å²) >= 11 is 3.16. The molecule has 2 aromatic heterocycles. The fourth-order valence-corrected chi connectivity index (χ4v) is 3.55. The van der Waals surface area contributed by atoms with E-state index in [9.17, 15) is 0 Å². The van der Waals surface area contributed by atoms with E-state index in [2.05, 4.69) is 52.7 Å². The molecule has 0 unspecified atom stereocenters. The van der Waals surface area contributed by atoms with E-state index in [4.69, 9.17) is 0 Å². The van der Waals surface area contributed by atoms with Gasteiger partial charge in [0.1, 0.15) is 5.82 Å². The van der Waals surface area contributed by atoms with Crippen molar-refractivity contribution in [1.29, 1.82) is 0 Å². The smallest absolute Gasteiger partial charge is 0.202 e. The SMILES string of the molecule is CC(C)(C)c1nnc(Sc2nccs2)n1-c1ccccc1. The Labute approximate surface area is 132 Å². The van der Waals surface area contributed by atoms with Gasteiger partial charge in [-0.3, -0.25) is 4.57 Å². The number of hydrogen-bond acceptors (Lipinski definition) is 5. The summed E-state index contributed by atoms with van der Waals surface area (Å²) in [5.74, 6) is 0.952. The molecule has 0 radical (unpaired) electrons. The summed E-state index contributed by atoms with van der Waals surface area (Å²) in [4.78, 5) is 4.32. The van der Waals surface area contributed by atoms with Gasteiger partial charge in [-0.25, -0.2) is 4.98 Å². The first-order valence-electron chi connectivity index (χ1n) is 6.64. The molecule has 2 heterocycles. The van der Waals surface area contributed by atoms with Crippen molar-refractivity contribution >= 4 is 23.1 Å². The Morgan fingerprint density at radius 1 is 1.10 bits per heavy atom. The molecule has 108 valence electrons. The van der Waals surface area contributed by atoms with Gasteiger partial charge in [0.2, 0.25) is 5.16 Å². The van der Waals surface area contributed by atoms with Gasteiger partial charge in [0, 0.05) is 22.7 Å². The van der Waals surface area contributed by atoms with Gasteiger partial charge < -0.3 is 0 Å². The van der Waals surface area contributed by atoms with E-state index in [0.717, 1.165) is 21.0 Å². The van der Waals surface area contributed by atoms with Crippen molar-refractivity contribution in [3.05, 3.63) is 47.7 Å². The molecular weight excluding hydrogens is 300 g/mol.